The quantitative estimate of drug-likeness (QED) is 0.853. The van der Waals surface area contributed by atoms with E-state index < -0.39 is 5.60 Å². The second kappa shape index (κ2) is 5.93. The van der Waals surface area contributed by atoms with Crippen molar-refractivity contribution in [3.63, 3.8) is 0 Å². The number of nitrogens with zero attached hydrogens (tertiary/aromatic N) is 1. The van der Waals surface area contributed by atoms with Crippen LogP contribution in [-0.2, 0) is 16.1 Å². The predicted molar refractivity (Wildman–Crippen MR) is 99.1 cm³/mol. The summed E-state index contributed by atoms with van der Waals surface area (Å²) in [5.41, 5.74) is 3.74. The van der Waals surface area contributed by atoms with Crippen LogP contribution in [0.4, 0.5) is 0 Å². The molecule has 0 saturated carbocycles. The third-order valence-electron chi connectivity index (χ3n) is 6.32. The summed E-state index contributed by atoms with van der Waals surface area (Å²) in [5, 5.41) is 9.17. The number of aliphatic hydroxyl groups is 1. The summed E-state index contributed by atoms with van der Waals surface area (Å²) >= 11 is 0. The maximum Gasteiger partial charge on any atom is 0.332 e. The molecule has 1 spiro atoms. The number of ether oxygens (including phenoxy) is 1. The van der Waals surface area contributed by atoms with Crippen LogP contribution in [0.3, 0.4) is 0 Å². The van der Waals surface area contributed by atoms with Gasteiger partial charge in [-0.1, -0.05) is 48.9 Å². The van der Waals surface area contributed by atoms with Gasteiger partial charge in [0.2, 0.25) is 0 Å². The van der Waals surface area contributed by atoms with Crippen molar-refractivity contribution in [3.8, 4) is 0 Å². The van der Waals surface area contributed by atoms with Gasteiger partial charge in [-0.3, -0.25) is 4.90 Å². The molecule has 0 unspecified atom stereocenters. The van der Waals surface area contributed by atoms with Crippen LogP contribution < -0.4 is 0 Å². The van der Waals surface area contributed by atoms with Crippen LogP contribution in [0.25, 0.3) is 6.08 Å². The fourth-order valence-corrected chi connectivity index (χ4v) is 5.16. The largest absolute Gasteiger partial charge is 0.449 e. The number of allylic oxidation sites excluding steroid dienone is 1. The molecule has 2 fully saturated rings. The minimum atomic E-state index is -0.433. The Balaban J connectivity index is 1.50. The first-order chi connectivity index (χ1) is 12.7. The number of aliphatic hydroxyl groups excluding tert-OH is 1. The fraction of sp³-hybridized carbons (Fsp3) is 0.409. The van der Waals surface area contributed by atoms with E-state index >= 15 is 0 Å². The third-order valence-corrected chi connectivity index (χ3v) is 6.32. The number of hydrogen-bond donors (Lipinski definition) is 1. The van der Waals surface area contributed by atoms with Gasteiger partial charge < -0.3 is 9.84 Å². The molecule has 2 bridgehead atoms. The van der Waals surface area contributed by atoms with Gasteiger partial charge in [-0.25, -0.2) is 4.79 Å². The Labute approximate surface area is 153 Å². The molecular formula is C22H23NO3. The minimum Gasteiger partial charge on any atom is -0.449 e. The summed E-state index contributed by atoms with van der Waals surface area (Å²) in [6.45, 7) is 1.15. The molecule has 4 heteroatoms. The number of rotatable bonds is 3. The van der Waals surface area contributed by atoms with E-state index in [2.05, 4.69) is 23.1 Å². The van der Waals surface area contributed by atoms with E-state index in [4.69, 9.17) is 4.74 Å². The SMILES string of the molecule is O=C1C=C2C(C=Cc3ccc(CO)cc3)=C[C@@H]3C[C@@]2(O1)[C@H]1CCCCN31. The van der Waals surface area contributed by atoms with Gasteiger partial charge in [-0.05, 0) is 36.1 Å². The zero-order valence-electron chi connectivity index (χ0n) is 14.7. The van der Waals surface area contributed by atoms with Crippen LogP contribution in [0, 0.1) is 0 Å². The highest BCUT2D eigenvalue weighted by Gasteiger charge is 2.61. The zero-order valence-corrected chi connectivity index (χ0v) is 14.7. The Morgan fingerprint density at radius 1 is 1.23 bits per heavy atom. The van der Waals surface area contributed by atoms with Gasteiger partial charge in [0, 0.05) is 24.1 Å². The number of piperidine rings is 1. The first-order valence-electron chi connectivity index (χ1n) is 9.50. The summed E-state index contributed by atoms with van der Waals surface area (Å²) in [5.74, 6) is -0.195. The summed E-state index contributed by atoms with van der Waals surface area (Å²) in [6, 6.07) is 8.56. The van der Waals surface area contributed by atoms with Gasteiger partial charge in [0.15, 0.2) is 5.60 Å². The topological polar surface area (TPSA) is 49.8 Å². The Bertz CT molecular complexity index is 835. The smallest absolute Gasteiger partial charge is 0.332 e. The van der Waals surface area contributed by atoms with E-state index in [0.717, 1.165) is 41.7 Å². The van der Waals surface area contributed by atoms with Gasteiger partial charge in [0.05, 0.1) is 12.6 Å². The molecule has 4 aliphatic rings. The number of fused-ring (bicyclic) bond motifs is 3. The predicted octanol–water partition coefficient (Wildman–Crippen LogP) is 2.98. The van der Waals surface area contributed by atoms with Crippen molar-refractivity contribution in [2.75, 3.05) is 6.54 Å². The monoisotopic (exact) mass is 349 g/mol. The molecule has 0 amide bonds. The Kier molecular flexibility index (Phi) is 3.66. The van der Waals surface area contributed by atoms with Crippen molar-refractivity contribution in [1.82, 2.24) is 4.90 Å². The third kappa shape index (κ3) is 2.32. The molecule has 3 atom stereocenters. The van der Waals surface area contributed by atoms with Gasteiger partial charge in [0.1, 0.15) is 0 Å². The molecule has 0 aromatic heterocycles. The van der Waals surface area contributed by atoms with Crippen molar-refractivity contribution in [2.24, 2.45) is 0 Å². The van der Waals surface area contributed by atoms with E-state index in [1.165, 1.54) is 12.8 Å². The highest BCUT2D eigenvalue weighted by Crippen LogP contribution is 2.53. The van der Waals surface area contributed by atoms with Crippen LogP contribution in [0.1, 0.15) is 36.8 Å². The molecule has 1 aliphatic carbocycles. The molecule has 1 N–H and O–H groups in total. The first kappa shape index (κ1) is 16.0. The average Bonchev–Trinajstić information content (AvgIpc) is 3.15. The second-order valence-corrected chi connectivity index (χ2v) is 7.74. The van der Waals surface area contributed by atoms with Crippen molar-refractivity contribution in [3.05, 3.63) is 64.8 Å². The molecule has 5 rings (SSSR count). The lowest BCUT2D eigenvalue weighted by Crippen LogP contribution is -2.48. The standard InChI is InChI=1S/C22H23NO3/c24-14-16-6-4-15(5-7-16)8-9-17-11-18-13-22(19(17)12-21(25)26-22)20-3-1-2-10-23(18)20/h4-9,11-12,18,20,24H,1-3,10,13-14H2/t18-,20-,22+/m1/s1. The second-order valence-electron chi connectivity index (χ2n) is 7.74. The molecule has 134 valence electrons. The highest BCUT2D eigenvalue weighted by molar-refractivity contribution is 5.90. The number of carbonyl (C=O) groups excluding carboxylic acids is 1. The number of hydrogen-bond acceptors (Lipinski definition) is 4. The average molecular weight is 349 g/mol. The molecule has 4 nitrogen and oxygen atoms in total. The van der Waals surface area contributed by atoms with Crippen molar-refractivity contribution in [2.45, 2.75) is 50.0 Å². The van der Waals surface area contributed by atoms with Crippen LogP contribution >= 0.6 is 0 Å². The lowest BCUT2D eigenvalue weighted by atomic mass is 9.76. The first-order valence-corrected chi connectivity index (χ1v) is 9.50. The molecule has 1 aromatic carbocycles. The van der Waals surface area contributed by atoms with E-state index in [1.807, 2.05) is 24.3 Å². The molecule has 1 aromatic rings. The summed E-state index contributed by atoms with van der Waals surface area (Å²) in [6.07, 6.45) is 12.7. The minimum absolute atomic E-state index is 0.0584. The van der Waals surface area contributed by atoms with E-state index in [-0.39, 0.29) is 12.6 Å². The lowest BCUT2D eigenvalue weighted by Gasteiger charge is -2.38. The van der Waals surface area contributed by atoms with Gasteiger partial charge in [0.25, 0.3) is 0 Å². The highest BCUT2D eigenvalue weighted by atomic mass is 16.6. The Morgan fingerprint density at radius 3 is 2.88 bits per heavy atom. The van der Waals surface area contributed by atoms with E-state index in [0.29, 0.717) is 12.1 Å². The number of benzene rings is 1. The van der Waals surface area contributed by atoms with Crippen LogP contribution in [0.5, 0.6) is 0 Å². The summed E-state index contributed by atoms with van der Waals surface area (Å²) in [4.78, 5) is 14.7. The molecule has 26 heavy (non-hydrogen) atoms. The normalized spacial score (nSPS) is 32.9. The van der Waals surface area contributed by atoms with Gasteiger partial charge in [-0.2, -0.15) is 0 Å². The van der Waals surface area contributed by atoms with Gasteiger partial charge in [-0.15, -0.1) is 0 Å². The number of carbonyl (C=O) groups is 1. The van der Waals surface area contributed by atoms with Crippen LogP contribution in [-0.4, -0.2) is 40.2 Å². The van der Waals surface area contributed by atoms with E-state index in [9.17, 15) is 9.90 Å². The maximum absolute atomic E-state index is 12.2. The van der Waals surface area contributed by atoms with Crippen molar-refractivity contribution in [1.29, 1.82) is 0 Å². The Morgan fingerprint density at radius 2 is 2.08 bits per heavy atom. The summed E-state index contributed by atoms with van der Waals surface area (Å²) in [7, 11) is 0. The number of esters is 1. The molecule has 0 radical (unpaired) electrons. The van der Waals surface area contributed by atoms with Crippen molar-refractivity contribution >= 4 is 12.0 Å². The Hall–Kier alpha value is -2.17. The molecule has 3 heterocycles. The zero-order chi connectivity index (χ0) is 17.7. The summed E-state index contributed by atoms with van der Waals surface area (Å²) < 4.78 is 5.95. The fourth-order valence-electron chi connectivity index (χ4n) is 5.16. The van der Waals surface area contributed by atoms with E-state index in [1.54, 1.807) is 6.08 Å². The van der Waals surface area contributed by atoms with Crippen molar-refractivity contribution < 1.29 is 14.6 Å². The van der Waals surface area contributed by atoms with Crippen LogP contribution in [0.15, 0.2) is 53.6 Å². The molecular weight excluding hydrogens is 326 g/mol. The van der Waals surface area contributed by atoms with Gasteiger partial charge >= 0.3 is 5.97 Å². The lowest BCUT2D eigenvalue weighted by molar-refractivity contribution is -0.148. The maximum atomic E-state index is 12.2. The van der Waals surface area contributed by atoms with Crippen LogP contribution in [0.2, 0.25) is 0 Å². The molecule has 3 aliphatic heterocycles. The molecule has 2 saturated heterocycles.